The Morgan fingerprint density at radius 1 is 1.33 bits per heavy atom. The van der Waals surface area contributed by atoms with Crippen LogP contribution in [0.25, 0.3) is 5.69 Å². The van der Waals surface area contributed by atoms with Gasteiger partial charge in [-0.25, -0.2) is 4.98 Å². The van der Waals surface area contributed by atoms with Crippen LogP contribution in [0.2, 0.25) is 0 Å². The maximum Gasteiger partial charge on any atom is 0.434 e. The normalized spacial score (nSPS) is 11.6. The van der Waals surface area contributed by atoms with E-state index in [0.717, 1.165) is 17.0 Å². The first-order chi connectivity index (χ1) is 8.41. The topological polar surface area (TPSA) is 27.1 Å². The van der Waals surface area contributed by atoms with Crippen LogP contribution in [0.15, 0.2) is 35.2 Å². The Balaban J connectivity index is 2.46. The smallest absolute Gasteiger partial charge is 0.434 e. The molecule has 18 heavy (non-hydrogen) atoms. The van der Waals surface area contributed by atoms with E-state index in [-0.39, 0.29) is 0 Å². The van der Waals surface area contributed by atoms with E-state index in [2.05, 4.69) is 20.9 Å². The van der Waals surface area contributed by atoms with E-state index in [9.17, 15) is 13.2 Å². The van der Waals surface area contributed by atoms with E-state index >= 15 is 0 Å². The molecule has 7 heteroatoms. The van der Waals surface area contributed by atoms with Crippen LogP contribution in [0, 0.1) is 0 Å². The maximum absolute atomic E-state index is 12.4. The van der Waals surface area contributed by atoms with Crippen LogP contribution in [-0.2, 0) is 6.18 Å². The molecule has 0 saturated carbocycles. The van der Waals surface area contributed by atoms with E-state index in [0.29, 0.717) is 11.4 Å². The van der Waals surface area contributed by atoms with Crippen molar-refractivity contribution >= 4 is 15.9 Å². The maximum atomic E-state index is 12.4. The Bertz CT molecular complexity index is 566. The zero-order valence-corrected chi connectivity index (χ0v) is 10.8. The van der Waals surface area contributed by atoms with Crippen molar-refractivity contribution < 1.29 is 17.9 Å². The van der Waals surface area contributed by atoms with Crippen LogP contribution in [-0.4, -0.2) is 16.7 Å². The Morgan fingerprint density at radius 3 is 2.61 bits per heavy atom. The molecule has 96 valence electrons. The predicted molar refractivity (Wildman–Crippen MR) is 62.8 cm³/mol. The van der Waals surface area contributed by atoms with E-state index in [4.69, 9.17) is 4.74 Å². The van der Waals surface area contributed by atoms with Gasteiger partial charge in [0.15, 0.2) is 5.69 Å². The molecule has 1 aromatic carbocycles. The fourth-order valence-electron chi connectivity index (χ4n) is 1.47. The standard InChI is InChI=1S/C11H8BrF3N2O/c1-18-9-4-7(12)2-3-8(9)17-5-10(16-6-17)11(13,14)15/h2-6H,1H3. The van der Waals surface area contributed by atoms with Crippen LogP contribution in [0.3, 0.4) is 0 Å². The van der Waals surface area contributed by atoms with Gasteiger partial charge in [0.05, 0.1) is 19.1 Å². The minimum atomic E-state index is -4.45. The minimum absolute atomic E-state index is 0.454. The van der Waals surface area contributed by atoms with E-state index < -0.39 is 11.9 Å². The molecule has 2 aromatic rings. The largest absolute Gasteiger partial charge is 0.495 e. The van der Waals surface area contributed by atoms with Gasteiger partial charge in [0, 0.05) is 10.7 Å². The molecule has 0 saturated heterocycles. The number of hydrogen-bond acceptors (Lipinski definition) is 2. The van der Waals surface area contributed by atoms with Crippen LogP contribution in [0.5, 0.6) is 5.75 Å². The van der Waals surface area contributed by atoms with Gasteiger partial charge in [0.1, 0.15) is 5.75 Å². The second-order valence-corrected chi connectivity index (χ2v) is 4.40. The highest BCUT2D eigenvalue weighted by Gasteiger charge is 2.33. The Hall–Kier alpha value is -1.50. The third-order valence-corrected chi connectivity index (χ3v) is 2.79. The first-order valence-electron chi connectivity index (χ1n) is 4.87. The van der Waals surface area contributed by atoms with E-state index in [1.807, 2.05) is 0 Å². The first kappa shape index (κ1) is 12.9. The lowest BCUT2D eigenvalue weighted by Crippen LogP contribution is -2.05. The zero-order valence-electron chi connectivity index (χ0n) is 9.20. The zero-order chi connectivity index (χ0) is 13.3. The second kappa shape index (κ2) is 4.64. The van der Waals surface area contributed by atoms with Crippen molar-refractivity contribution in [2.45, 2.75) is 6.18 Å². The summed E-state index contributed by atoms with van der Waals surface area (Å²) in [5, 5.41) is 0. The second-order valence-electron chi connectivity index (χ2n) is 3.48. The van der Waals surface area contributed by atoms with Gasteiger partial charge < -0.3 is 9.30 Å². The molecule has 0 bridgehead atoms. The molecule has 0 aliphatic heterocycles. The van der Waals surface area contributed by atoms with Crippen LogP contribution in [0.4, 0.5) is 13.2 Å². The number of hydrogen-bond donors (Lipinski definition) is 0. The van der Waals surface area contributed by atoms with Crippen molar-refractivity contribution in [2.75, 3.05) is 7.11 Å². The lowest BCUT2D eigenvalue weighted by Gasteiger charge is -2.09. The number of methoxy groups -OCH3 is 1. The molecule has 0 aliphatic rings. The average Bonchev–Trinajstić information content (AvgIpc) is 2.77. The van der Waals surface area contributed by atoms with Crippen molar-refractivity contribution in [1.82, 2.24) is 9.55 Å². The first-order valence-corrected chi connectivity index (χ1v) is 5.66. The lowest BCUT2D eigenvalue weighted by molar-refractivity contribution is -0.140. The molecular weight excluding hydrogens is 313 g/mol. The molecule has 0 N–H and O–H groups in total. The number of ether oxygens (including phenoxy) is 1. The predicted octanol–water partition coefficient (Wildman–Crippen LogP) is 3.66. The Morgan fingerprint density at radius 2 is 2.06 bits per heavy atom. The summed E-state index contributed by atoms with van der Waals surface area (Å²) in [6.07, 6.45) is -2.42. The van der Waals surface area contributed by atoms with Crippen LogP contribution in [0.1, 0.15) is 5.69 Å². The molecule has 1 aromatic heterocycles. The van der Waals surface area contributed by atoms with Gasteiger partial charge >= 0.3 is 6.18 Å². The van der Waals surface area contributed by atoms with Crippen molar-refractivity contribution in [1.29, 1.82) is 0 Å². The summed E-state index contributed by atoms with van der Waals surface area (Å²) in [6, 6.07) is 5.03. The van der Waals surface area contributed by atoms with Gasteiger partial charge in [-0.1, -0.05) is 15.9 Å². The summed E-state index contributed by atoms with van der Waals surface area (Å²) in [4.78, 5) is 3.33. The highest BCUT2D eigenvalue weighted by Crippen LogP contribution is 2.31. The number of imidazole rings is 1. The molecule has 0 spiro atoms. The fourth-order valence-corrected chi connectivity index (χ4v) is 1.81. The van der Waals surface area contributed by atoms with E-state index in [1.54, 1.807) is 18.2 Å². The average molecular weight is 321 g/mol. The number of alkyl halides is 3. The highest BCUT2D eigenvalue weighted by atomic mass is 79.9. The van der Waals surface area contributed by atoms with Crippen molar-refractivity contribution in [3.8, 4) is 11.4 Å². The van der Waals surface area contributed by atoms with Gasteiger partial charge in [0.2, 0.25) is 0 Å². The number of aromatic nitrogens is 2. The van der Waals surface area contributed by atoms with Crippen LogP contribution >= 0.6 is 15.9 Å². The monoisotopic (exact) mass is 320 g/mol. The lowest BCUT2D eigenvalue weighted by atomic mass is 10.3. The quantitative estimate of drug-likeness (QED) is 0.844. The molecule has 2 rings (SSSR count). The highest BCUT2D eigenvalue weighted by molar-refractivity contribution is 9.10. The fraction of sp³-hybridized carbons (Fsp3) is 0.182. The summed E-state index contributed by atoms with van der Waals surface area (Å²) >= 11 is 3.26. The number of benzene rings is 1. The Labute approximate surface area is 109 Å². The van der Waals surface area contributed by atoms with Crippen molar-refractivity contribution in [3.05, 3.63) is 40.9 Å². The SMILES string of the molecule is COc1cc(Br)ccc1-n1cnc(C(F)(F)F)c1. The third-order valence-electron chi connectivity index (χ3n) is 2.29. The summed E-state index contributed by atoms with van der Waals surface area (Å²) in [6.45, 7) is 0. The summed E-state index contributed by atoms with van der Waals surface area (Å²) in [5.74, 6) is 0.454. The minimum Gasteiger partial charge on any atom is -0.495 e. The summed E-state index contributed by atoms with van der Waals surface area (Å²) in [5.41, 5.74) is -0.448. The number of rotatable bonds is 2. The number of nitrogens with zero attached hydrogens (tertiary/aromatic N) is 2. The summed E-state index contributed by atoms with van der Waals surface area (Å²) in [7, 11) is 1.45. The van der Waals surface area contributed by atoms with E-state index in [1.165, 1.54) is 11.7 Å². The molecular formula is C11H8BrF3N2O. The third kappa shape index (κ3) is 2.50. The van der Waals surface area contributed by atoms with Crippen LogP contribution < -0.4 is 4.74 Å². The molecule has 1 heterocycles. The molecule has 0 atom stereocenters. The van der Waals surface area contributed by atoms with Gasteiger partial charge in [-0.15, -0.1) is 0 Å². The summed E-state index contributed by atoms with van der Waals surface area (Å²) < 4.78 is 44.5. The molecule has 0 aliphatic carbocycles. The molecule has 0 unspecified atom stereocenters. The van der Waals surface area contributed by atoms with Gasteiger partial charge in [-0.05, 0) is 18.2 Å². The Kier molecular flexibility index (Phi) is 3.34. The van der Waals surface area contributed by atoms with Crippen molar-refractivity contribution in [2.24, 2.45) is 0 Å². The molecule has 3 nitrogen and oxygen atoms in total. The number of halogens is 4. The molecule has 0 amide bonds. The van der Waals surface area contributed by atoms with Crippen molar-refractivity contribution in [3.63, 3.8) is 0 Å². The van der Waals surface area contributed by atoms with Gasteiger partial charge in [0.25, 0.3) is 0 Å². The molecule has 0 radical (unpaired) electrons. The van der Waals surface area contributed by atoms with Gasteiger partial charge in [-0.3, -0.25) is 0 Å². The molecule has 0 fully saturated rings. The van der Waals surface area contributed by atoms with Gasteiger partial charge in [-0.2, -0.15) is 13.2 Å².